The van der Waals surface area contributed by atoms with Gasteiger partial charge in [-0.3, -0.25) is 0 Å². The van der Waals surface area contributed by atoms with E-state index in [1.165, 1.54) is 0 Å². The molecular weight excluding hydrogens is 302 g/mol. The number of hydrogen-bond donors (Lipinski definition) is 2. The highest BCUT2D eigenvalue weighted by Gasteiger charge is 2.30. The number of benzene rings is 1. The zero-order valence-corrected chi connectivity index (χ0v) is 12.8. The Morgan fingerprint density at radius 1 is 1.32 bits per heavy atom. The molecule has 7 heteroatoms. The molecule has 6 nitrogen and oxygen atoms in total. The molecule has 4 N–H and O–H groups in total. The van der Waals surface area contributed by atoms with Gasteiger partial charge in [-0.15, -0.1) is 5.10 Å². The topological polar surface area (TPSA) is 103 Å². The number of nitrogens with zero attached hydrogens (tertiary/aromatic N) is 3. The van der Waals surface area contributed by atoms with E-state index >= 15 is 0 Å². The van der Waals surface area contributed by atoms with Gasteiger partial charge in [0.2, 0.25) is 5.96 Å². The summed E-state index contributed by atoms with van der Waals surface area (Å²) in [5, 5.41) is 12.8. The third-order valence-corrected chi connectivity index (χ3v) is 4.08. The Labute approximate surface area is 132 Å². The third kappa shape index (κ3) is 2.69. The molecule has 2 aromatic rings. The van der Waals surface area contributed by atoms with E-state index in [2.05, 4.69) is 15.4 Å². The van der Waals surface area contributed by atoms with Gasteiger partial charge in [-0.05, 0) is 30.9 Å². The Balaban J connectivity index is 2.04. The van der Waals surface area contributed by atoms with Gasteiger partial charge in [-0.2, -0.15) is 5.10 Å². The number of hydrogen-bond acceptors (Lipinski definition) is 4. The normalized spacial score (nSPS) is 19.0. The molecule has 3 rings (SSSR count). The molecular formula is C15H16ClN5O. The van der Waals surface area contributed by atoms with Crippen LogP contribution < -0.4 is 11.5 Å². The molecule has 114 valence electrons. The largest absolute Gasteiger partial charge is 0.369 e. The van der Waals surface area contributed by atoms with Crippen molar-refractivity contribution in [2.24, 2.45) is 21.7 Å². The van der Waals surface area contributed by atoms with Crippen molar-refractivity contribution in [3.63, 3.8) is 0 Å². The second-order valence-electron chi connectivity index (χ2n) is 5.26. The first-order valence-electron chi connectivity index (χ1n) is 6.91. The lowest BCUT2D eigenvalue weighted by molar-refractivity contribution is 0.389. The summed E-state index contributed by atoms with van der Waals surface area (Å²) in [6.07, 6.45) is 1.42. The summed E-state index contributed by atoms with van der Waals surface area (Å²) in [5.41, 5.74) is 14.3. The van der Waals surface area contributed by atoms with Crippen LogP contribution in [-0.2, 0) is 6.42 Å². The van der Waals surface area contributed by atoms with Gasteiger partial charge >= 0.3 is 0 Å². The molecule has 0 saturated heterocycles. The summed E-state index contributed by atoms with van der Waals surface area (Å²) in [4.78, 5) is 0. The minimum atomic E-state index is -0.0805. The van der Waals surface area contributed by atoms with Gasteiger partial charge in [0.25, 0.3) is 0 Å². The SMILES string of the molecule is Cc1onc2c1/C(=N\N=C(N)N)CC(c1ccccc1Cl)C2. The Hall–Kier alpha value is -2.34. The third-order valence-electron chi connectivity index (χ3n) is 3.73. The summed E-state index contributed by atoms with van der Waals surface area (Å²) in [6.45, 7) is 1.85. The molecule has 0 aliphatic heterocycles. The van der Waals surface area contributed by atoms with Crippen LogP contribution in [0, 0.1) is 6.92 Å². The quantitative estimate of drug-likeness (QED) is 0.504. The molecule has 1 heterocycles. The van der Waals surface area contributed by atoms with E-state index in [4.69, 9.17) is 27.6 Å². The number of aryl methyl sites for hydroxylation is 1. The van der Waals surface area contributed by atoms with Crippen LogP contribution >= 0.6 is 11.6 Å². The fourth-order valence-corrected chi connectivity index (χ4v) is 3.09. The second-order valence-corrected chi connectivity index (χ2v) is 5.67. The molecule has 0 saturated carbocycles. The number of fused-ring (bicyclic) bond motifs is 1. The average molecular weight is 318 g/mol. The molecule has 1 atom stereocenters. The first-order valence-corrected chi connectivity index (χ1v) is 7.29. The van der Waals surface area contributed by atoms with E-state index in [-0.39, 0.29) is 11.9 Å². The Kier molecular flexibility index (Phi) is 3.85. The Bertz CT molecular complexity index is 761. The summed E-state index contributed by atoms with van der Waals surface area (Å²) in [7, 11) is 0. The number of nitrogens with two attached hydrogens (primary N) is 2. The van der Waals surface area contributed by atoms with Gasteiger partial charge in [0.05, 0.1) is 17.0 Å². The standard InChI is InChI=1S/C15H16ClN5O/c1-8-14-12(19-20-15(17)18)6-9(7-13(14)21-22-8)10-4-2-3-5-11(10)16/h2-5,9H,6-7H2,1H3,(H4,17,18,20)/b19-12-. The van der Waals surface area contributed by atoms with E-state index in [1.54, 1.807) is 0 Å². The molecule has 0 bridgehead atoms. The predicted octanol–water partition coefficient (Wildman–Crippen LogP) is 2.34. The fraction of sp³-hybridized carbons (Fsp3) is 0.267. The van der Waals surface area contributed by atoms with Gasteiger partial charge in [0.15, 0.2) is 0 Å². The van der Waals surface area contributed by atoms with Gasteiger partial charge in [0.1, 0.15) is 5.76 Å². The van der Waals surface area contributed by atoms with Crippen molar-refractivity contribution < 1.29 is 4.52 Å². The van der Waals surface area contributed by atoms with Crippen LogP contribution in [0.5, 0.6) is 0 Å². The summed E-state index contributed by atoms with van der Waals surface area (Å²) in [5.74, 6) is 0.804. The number of aromatic nitrogens is 1. The maximum Gasteiger partial charge on any atom is 0.211 e. The molecule has 0 radical (unpaired) electrons. The summed E-state index contributed by atoms with van der Waals surface area (Å²) < 4.78 is 5.29. The van der Waals surface area contributed by atoms with Crippen molar-refractivity contribution in [3.8, 4) is 0 Å². The molecule has 0 amide bonds. The number of guanidine groups is 1. The first kappa shape index (κ1) is 14.6. The van der Waals surface area contributed by atoms with E-state index in [9.17, 15) is 0 Å². The van der Waals surface area contributed by atoms with Crippen molar-refractivity contribution >= 4 is 23.3 Å². The van der Waals surface area contributed by atoms with Crippen LogP contribution in [0.2, 0.25) is 5.02 Å². The zero-order valence-electron chi connectivity index (χ0n) is 12.1. The zero-order chi connectivity index (χ0) is 15.7. The van der Waals surface area contributed by atoms with Crippen molar-refractivity contribution in [1.82, 2.24) is 5.16 Å². The fourth-order valence-electron chi connectivity index (χ4n) is 2.80. The Morgan fingerprint density at radius 3 is 2.82 bits per heavy atom. The first-order chi connectivity index (χ1) is 10.6. The summed E-state index contributed by atoms with van der Waals surface area (Å²) >= 11 is 6.31. The van der Waals surface area contributed by atoms with E-state index in [0.29, 0.717) is 6.42 Å². The van der Waals surface area contributed by atoms with E-state index in [0.717, 1.165) is 39.7 Å². The molecule has 1 aliphatic carbocycles. The van der Waals surface area contributed by atoms with Gasteiger partial charge in [-0.1, -0.05) is 35.0 Å². The maximum absolute atomic E-state index is 6.31. The maximum atomic E-state index is 6.31. The highest BCUT2D eigenvalue weighted by atomic mass is 35.5. The lowest BCUT2D eigenvalue weighted by Gasteiger charge is -2.23. The van der Waals surface area contributed by atoms with Crippen molar-refractivity contribution in [1.29, 1.82) is 0 Å². The monoisotopic (exact) mass is 317 g/mol. The second kappa shape index (κ2) is 5.81. The van der Waals surface area contributed by atoms with Crippen LogP contribution in [0.1, 0.15) is 34.9 Å². The lowest BCUT2D eigenvalue weighted by atomic mass is 9.81. The van der Waals surface area contributed by atoms with Crippen LogP contribution in [0.15, 0.2) is 39.0 Å². The molecule has 0 fully saturated rings. The average Bonchev–Trinajstić information content (AvgIpc) is 2.87. The smallest absolute Gasteiger partial charge is 0.211 e. The Morgan fingerprint density at radius 2 is 2.09 bits per heavy atom. The molecule has 1 aromatic carbocycles. The van der Waals surface area contributed by atoms with Crippen LogP contribution in [0.3, 0.4) is 0 Å². The van der Waals surface area contributed by atoms with E-state index < -0.39 is 0 Å². The summed E-state index contributed by atoms with van der Waals surface area (Å²) in [6, 6.07) is 7.78. The van der Waals surface area contributed by atoms with Gasteiger partial charge in [0, 0.05) is 11.4 Å². The van der Waals surface area contributed by atoms with Gasteiger partial charge < -0.3 is 16.0 Å². The van der Waals surface area contributed by atoms with Crippen LogP contribution in [0.25, 0.3) is 0 Å². The van der Waals surface area contributed by atoms with Crippen LogP contribution in [-0.4, -0.2) is 16.8 Å². The van der Waals surface area contributed by atoms with E-state index in [1.807, 2.05) is 31.2 Å². The predicted molar refractivity (Wildman–Crippen MR) is 86.1 cm³/mol. The van der Waals surface area contributed by atoms with Crippen molar-refractivity contribution in [3.05, 3.63) is 51.9 Å². The molecule has 1 aliphatic rings. The lowest BCUT2D eigenvalue weighted by Crippen LogP contribution is -2.23. The van der Waals surface area contributed by atoms with Crippen molar-refractivity contribution in [2.75, 3.05) is 0 Å². The van der Waals surface area contributed by atoms with Gasteiger partial charge in [-0.25, -0.2) is 0 Å². The van der Waals surface area contributed by atoms with Crippen molar-refractivity contribution in [2.45, 2.75) is 25.7 Å². The minimum absolute atomic E-state index is 0.0805. The number of halogens is 1. The molecule has 1 unspecified atom stereocenters. The minimum Gasteiger partial charge on any atom is -0.369 e. The molecule has 22 heavy (non-hydrogen) atoms. The molecule has 1 aromatic heterocycles. The van der Waals surface area contributed by atoms with Crippen LogP contribution in [0.4, 0.5) is 0 Å². The number of rotatable bonds is 2. The highest BCUT2D eigenvalue weighted by Crippen LogP contribution is 2.36. The molecule has 0 spiro atoms. The highest BCUT2D eigenvalue weighted by molar-refractivity contribution is 6.31.